The fourth-order valence-corrected chi connectivity index (χ4v) is 7.98. The van der Waals surface area contributed by atoms with Crippen molar-refractivity contribution in [3.8, 4) is 0 Å². The van der Waals surface area contributed by atoms with Crippen molar-refractivity contribution in [2.24, 2.45) is 11.8 Å². The summed E-state index contributed by atoms with van der Waals surface area (Å²) in [5, 5.41) is 5.18. The lowest BCUT2D eigenvalue weighted by Gasteiger charge is -2.37. The normalized spacial score (nSPS) is 18.6. The lowest BCUT2D eigenvalue weighted by Crippen LogP contribution is -2.37. The van der Waals surface area contributed by atoms with Crippen LogP contribution in [0.25, 0.3) is 0 Å². The largest absolute Gasteiger partial charge is 0.370 e. The van der Waals surface area contributed by atoms with Crippen LogP contribution >= 0.6 is 11.3 Å². The van der Waals surface area contributed by atoms with Crippen molar-refractivity contribution in [3.05, 3.63) is 88.6 Å². The minimum atomic E-state index is -3.71. The number of carbonyl (C=O) groups is 1. The Kier molecular flexibility index (Phi) is 11.3. The minimum Gasteiger partial charge on any atom is -0.370 e. The number of nitrogens with one attached hydrogen (secondary N) is 1. The molecule has 0 aliphatic heterocycles. The van der Waals surface area contributed by atoms with E-state index in [-0.39, 0.29) is 37.1 Å². The number of nitrogens with zero attached hydrogens (tertiary/aromatic N) is 2. The molecule has 1 aromatic heterocycles. The van der Waals surface area contributed by atoms with Gasteiger partial charge in [-0.3, -0.25) is 4.79 Å². The molecule has 4 rings (SSSR count). The van der Waals surface area contributed by atoms with Crippen LogP contribution in [-0.2, 0) is 26.1 Å². The van der Waals surface area contributed by atoms with Crippen molar-refractivity contribution in [3.63, 3.8) is 0 Å². The van der Waals surface area contributed by atoms with Crippen LogP contribution in [0.3, 0.4) is 0 Å². The van der Waals surface area contributed by atoms with Crippen molar-refractivity contribution in [1.82, 2.24) is 14.5 Å². The average Bonchev–Trinajstić information content (AvgIpc) is 3.49. The van der Waals surface area contributed by atoms with Gasteiger partial charge in [-0.25, -0.2) is 8.42 Å². The molecule has 1 heterocycles. The van der Waals surface area contributed by atoms with E-state index in [2.05, 4.69) is 41.8 Å². The van der Waals surface area contributed by atoms with Crippen LogP contribution in [0.5, 0.6) is 0 Å². The first-order chi connectivity index (χ1) is 19.3. The van der Waals surface area contributed by atoms with Crippen molar-refractivity contribution < 1.29 is 17.9 Å². The quantitative estimate of drug-likeness (QED) is 0.265. The molecule has 1 aliphatic rings. The molecule has 0 bridgehead atoms. The van der Waals surface area contributed by atoms with Gasteiger partial charge in [0.15, 0.2) is 0 Å². The Morgan fingerprint density at radius 1 is 0.975 bits per heavy atom. The van der Waals surface area contributed by atoms with Gasteiger partial charge in [0.25, 0.3) is 0 Å². The van der Waals surface area contributed by atoms with Gasteiger partial charge in [-0.15, -0.1) is 11.3 Å². The van der Waals surface area contributed by atoms with E-state index < -0.39 is 10.0 Å². The van der Waals surface area contributed by atoms with Gasteiger partial charge in [0.2, 0.25) is 15.9 Å². The van der Waals surface area contributed by atoms with Gasteiger partial charge >= 0.3 is 0 Å². The number of benzene rings is 2. The first-order valence-corrected chi connectivity index (χ1v) is 16.3. The number of amides is 1. The third kappa shape index (κ3) is 8.47. The second kappa shape index (κ2) is 14.9. The van der Waals surface area contributed by atoms with Crippen LogP contribution in [0.4, 0.5) is 0 Å². The van der Waals surface area contributed by atoms with Crippen LogP contribution in [0, 0.1) is 11.8 Å². The maximum Gasteiger partial charge on any atom is 0.246 e. The average molecular weight is 584 g/mol. The van der Waals surface area contributed by atoms with Crippen LogP contribution in [-0.4, -0.2) is 63.9 Å². The molecule has 1 fully saturated rings. The first kappa shape index (κ1) is 30.4. The highest BCUT2D eigenvalue weighted by Crippen LogP contribution is 2.40. The Balaban J connectivity index is 1.21. The third-order valence-corrected chi connectivity index (χ3v) is 10.4. The first-order valence-electron chi connectivity index (χ1n) is 14.0. The highest BCUT2D eigenvalue weighted by Gasteiger charge is 2.30. The summed E-state index contributed by atoms with van der Waals surface area (Å²) in [5.41, 5.74) is 0.891. The van der Waals surface area contributed by atoms with E-state index in [1.807, 2.05) is 41.7 Å². The van der Waals surface area contributed by atoms with Crippen molar-refractivity contribution in [2.45, 2.75) is 43.2 Å². The molecule has 0 saturated heterocycles. The van der Waals surface area contributed by atoms with E-state index in [4.69, 9.17) is 4.74 Å². The van der Waals surface area contributed by atoms with E-state index in [1.54, 1.807) is 30.3 Å². The maximum absolute atomic E-state index is 13.3. The number of carbonyl (C=O) groups excluding carboxylic acids is 1. The lowest BCUT2D eigenvalue weighted by atomic mass is 9.77. The van der Waals surface area contributed by atoms with E-state index in [9.17, 15) is 13.2 Å². The molecule has 9 heteroatoms. The summed E-state index contributed by atoms with van der Waals surface area (Å²) in [4.78, 5) is 16.5. The molecule has 2 aromatic carbocycles. The molecule has 0 radical (unpaired) electrons. The molecule has 7 nitrogen and oxygen atoms in total. The van der Waals surface area contributed by atoms with Crippen molar-refractivity contribution in [1.29, 1.82) is 0 Å². The van der Waals surface area contributed by atoms with Gasteiger partial charge in [0, 0.05) is 30.6 Å². The second-order valence-corrected chi connectivity index (χ2v) is 13.6. The Morgan fingerprint density at radius 3 is 2.27 bits per heavy atom. The van der Waals surface area contributed by atoms with Crippen LogP contribution in [0.15, 0.2) is 83.1 Å². The van der Waals surface area contributed by atoms with Gasteiger partial charge in [-0.05, 0) is 80.8 Å². The number of rotatable bonds is 14. The van der Waals surface area contributed by atoms with Gasteiger partial charge in [-0.1, -0.05) is 54.6 Å². The fraction of sp³-hybridized carbons (Fsp3) is 0.452. The molecule has 0 spiro atoms. The topological polar surface area (TPSA) is 79.0 Å². The molecular formula is C31H41N3O4S2. The zero-order valence-electron chi connectivity index (χ0n) is 23.4. The monoisotopic (exact) mass is 583 g/mol. The zero-order valence-corrected chi connectivity index (χ0v) is 25.1. The number of ether oxygens (including phenoxy) is 1. The predicted octanol–water partition coefficient (Wildman–Crippen LogP) is 5.18. The summed E-state index contributed by atoms with van der Waals surface area (Å²) in [5.74, 6) is 0.950. The van der Waals surface area contributed by atoms with Crippen molar-refractivity contribution in [2.75, 3.05) is 40.4 Å². The van der Waals surface area contributed by atoms with Crippen molar-refractivity contribution >= 4 is 27.3 Å². The lowest BCUT2D eigenvalue weighted by molar-refractivity contribution is -0.126. The molecular weight excluding hydrogens is 542 g/mol. The summed E-state index contributed by atoms with van der Waals surface area (Å²) >= 11 is 1.83. The van der Waals surface area contributed by atoms with Gasteiger partial charge < -0.3 is 15.0 Å². The van der Waals surface area contributed by atoms with Crippen LogP contribution < -0.4 is 5.32 Å². The number of hydrogen-bond donors (Lipinski definition) is 1. The third-order valence-electron chi connectivity index (χ3n) is 7.62. The minimum absolute atomic E-state index is 0.0824. The van der Waals surface area contributed by atoms with E-state index in [0.717, 1.165) is 31.2 Å². The zero-order chi connectivity index (χ0) is 28.4. The fourth-order valence-electron chi connectivity index (χ4n) is 5.53. The molecule has 1 amide bonds. The Labute approximate surface area is 243 Å². The van der Waals surface area contributed by atoms with Crippen LogP contribution in [0.1, 0.15) is 42.2 Å². The molecule has 1 atom stereocenters. The summed E-state index contributed by atoms with van der Waals surface area (Å²) in [6, 6.07) is 22.7. The summed E-state index contributed by atoms with van der Waals surface area (Å²) in [6.45, 7) is 1.09. The molecule has 1 unspecified atom stereocenters. The molecule has 1 saturated carbocycles. The SMILES string of the molecule is CN(C)C(c1cccs1)C1CCC(CNC(=O)COCCN(Cc2ccccc2)S(=O)(=O)c2ccccc2)CC1. The molecule has 1 aliphatic carbocycles. The highest BCUT2D eigenvalue weighted by atomic mass is 32.2. The summed E-state index contributed by atoms with van der Waals surface area (Å²) < 4.78 is 33.6. The van der Waals surface area contributed by atoms with Gasteiger partial charge in [0.05, 0.1) is 11.5 Å². The molecule has 40 heavy (non-hydrogen) atoms. The summed E-state index contributed by atoms with van der Waals surface area (Å²) in [6.07, 6.45) is 4.52. The van der Waals surface area contributed by atoms with Gasteiger partial charge in [-0.2, -0.15) is 4.31 Å². The number of sulfonamides is 1. The van der Waals surface area contributed by atoms with E-state index in [0.29, 0.717) is 24.4 Å². The van der Waals surface area contributed by atoms with E-state index in [1.165, 1.54) is 9.18 Å². The Hall–Kier alpha value is -2.56. The predicted molar refractivity (Wildman–Crippen MR) is 161 cm³/mol. The smallest absolute Gasteiger partial charge is 0.246 e. The molecule has 216 valence electrons. The highest BCUT2D eigenvalue weighted by molar-refractivity contribution is 7.89. The summed E-state index contributed by atoms with van der Waals surface area (Å²) in [7, 11) is 0.618. The maximum atomic E-state index is 13.3. The Bertz CT molecular complexity index is 1260. The second-order valence-electron chi connectivity index (χ2n) is 10.7. The molecule has 1 N–H and O–H groups in total. The van der Waals surface area contributed by atoms with E-state index >= 15 is 0 Å². The van der Waals surface area contributed by atoms with Crippen LogP contribution in [0.2, 0.25) is 0 Å². The number of thiophene rings is 1. The number of hydrogen-bond acceptors (Lipinski definition) is 6. The standard InChI is InChI=1S/C31H41N3O4S2/c1-33(2)31(29-14-9-21-39-29)27-17-15-25(16-18-27)22-32-30(35)24-38-20-19-34(23-26-10-5-3-6-11-26)40(36,37)28-12-7-4-8-13-28/h3-14,21,25,27,31H,15-20,22-24H2,1-2H3,(H,32,35). The Morgan fingerprint density at radius 2 is 1.65 bits per heavy atom. The molecule has 3 aromatic rings. The van der Waals surface area contributed by atoms with Gasteiger partial charge in [0.1, 0.15) is 6.61 Å².